The highest BCUT2D eigenvalue weighted by molar-refractivity contribution is 7.89. The van der Waals surface area contributed by atoms with Crippen molar-refractivity contribution in [3.63, 3.8) is 0 Å². The molecule has 1 fully saturated rings. The second-order valence-corrected chi connectivity index (χ2v) is 8.33. The van der Waals surface area contributed by atoms with Crippen LogP contribution >= 0.6 is 0 Å². The zero-order valence-corrected chi connectivity index (χ0v) is 15.9. The Kier molecular flexibility index (Phi) is 5.11. The van der Waals surface area contributed by atoms with E-state index in [9.17, 15) is 23.3 Å². The van der Waals surface area contributed by atoms with Crippen LogP contribution in [0.15, 0.2) is 29.2 Å². The SMILES string of the molecule is Cc1nn(C(=O)c2ccccc2[N+](=O)[O-])c(C)c1S(=O)(=O)N1CCCCC1. The molecule has 3 rings (SSSR count). The fourth-order valence-electron chi connectivity index (χ4n) is 3.36. The molecule has 0 amide bonds. The van der Waals surface area contributed by atoms with Gasteiger partial charge in [-0.1, -0.05) is 18.6 Å². The molecule has 1 aromatic carbocycles. The summed E-state index contributed by atoms with van der Waals surface area (Å²) in [4.78, 5) is 23.4. The lowest BCUT2D eigenvalue weighted by Crippen LogP contribution is -2.36. The third-order valence-corrected chi connectivity index (χ3v) is 6.81. The summed E-state index contributed by atoms with van der Waals surface area (Å²) in [5, 5.41) is 15.3. The number of benzene rings is 1. The van der Waals surface area contributed by atoms with Gasteiger partial charge in [-0.3, -0.25) is 14.9 Å². The summed E-state index contributed by atoms with van der Waals surface area (Å²) in [5.74, 6) is -0.733. The van der Waals surface area contributed by atoms with Crippen molar-refractivity contribution in [2.24, 2.45) is 0 Å². The summed E-state index contributed by atoms with van der Waals surface area (Å²) >= 11 is 0. The number of para-hydroxylation sites is 1. The third kappa shape index (κ3) is 3.37. The second-order valence-electron chi connectivity index (χ2n) is 6.46. The van der Waals surface area contributed by atoms with Crippen molar-refractivity contribution < 1.29 is 18.1 Å². The van der Waals surface area contributed by atoms with E-state index in [2.05, 4.69) is 5.10 Å². The van der Waals surface area contributed by atoms with Crippen LogP contribution in [-0.2, 0) is 10.0 Å². The first kappa shape index (κ1) is 19.2. The van der Waals surface area contributed by atoms with Crippen LogP contribution in [0.25, 0.3) is 0 Å². The van der Waals surface area contributed by atoms with Gasteiger partial charge >= 0.3 is 0 Å². The standard InChI is InChI=1S/C17H20N4O5S/c1-12-16(27(25,26)19-10-6-3-7-11-19)13(2)20(18-12)17(22)14-8-4-5-9-15(14)21(23)24/h4-5,8-9H,3,6-7,10-11H2,1-2H3. The summed E-state index contributed by atoms with van der Waals surface area (Å²) in [7, 11) is -3.78. The molecule has 9 nitrogen and oxygen atoms in total. The summed E-state index contributed by atoms with van der Waals surface area (Å²) in [6.45, 7) is 3.88. The molecule has 0 N–H and O–H groups in total. The lowest BCUT2D eigenvalue weighted by molar-refractivity contribution is -0.385. The van der Waals surface area contributed by atoms with Crippen LogP contribution in [0.4, 0.5) is 5.69 Å². The van der Waals surface area contributed by atoms with E-state index in [1.807, 2.05) is 0 Å². The number of nitrogens with zero attached hydrogens (tertiary/aromatic N) is 4. The molecule has 2 heterocycles. The van der Waals surface area contributed by atoms with E-state index in [-0.39, 0.29) is 27.5 Å². The smallest absolute Gasteiger partial charge is 0.266 e. The van der Waals surface area contributed by atoms with Gasteiger partial charge in [-0.2, -0.15) is 14.1 Å². The molecule has 0 atom stereocenters. The molecule has 1 aliphatic heterocycles. The maximum atomic E-state index is 13.0. The number of nitro groups is 1. The Morgan fingerprint density at radius 1 is 1.15 bits per heavy atom. The summed E-state index contributed by atoms with van der Waals surface area (Å²) in [6, 6.07) is 5.53. The van der Waals surface area contributed by atoms with Gasteiger partial charge in [0.25, 0.3) is 11.6 Å². The van der Waals surface area contributed by atoms with Crippen LogP contribution in [0.1, 0.15) is 41.0 Å². The van der Waals surface area contributed by atoms with E-state index in [0.29, 0.717) is 13.1 Å². The van der Waals surface area contributed by atoms with E-state index >= 15 is 0 Å². The maximum Gasteiger partial charge on any atom is 0.285 e. The van der Waals surface area contributed by atoms with E-state index in [1.165, 1.54) is 42.4 Å². The molecule has 0 unspecified atom stereocenters. The molecule has 1 aromatic heterocycles. The van der Waals surface area contributed by atoms with Crippen molar-refractivity contribution in [1.29, 1.82) is 0 Å². The molecule has 10 heteroatoms. The molecule has 27 heavy (non-hydrogen) atoms. The van der Waals surface area contributed by atoms with Crippen LogP contribution in [-0.4, -0.2) is 46.4 Å². The lowest BCUT2D eigenvalue weighted by atomic mass is 10.1. The number of rotatable bonds is 4. The zero-order valence-electron chi connectivity index (χ0n) is 15.1. The first-order valence-electron chi connectivity index (χ1n) is 8.59. The highest BCUT2D eigenvalue weighted by Gasteiger charge is 2.33. The topological polar surface area (TPSA) is 115 Å². The van der Waals surface area contributed by atoms with Crippen molar-refractivity contribution in [3.05, 3.63) is 51.3 Å². The van der Waals surface area contributed by atoms with Crippen molar-refractivity contribution >= 4 is 21.6 Å². The first-order valence-corrected chi connectivity index (χ1v) is 10.0. The van der Waals surface area contributed by atoms with E-state index in [1.54, 1.807) is 0 Å². The molecular weight excluding hydrogens is 372 g/mol. The number of hydrogen-bond acceptors (Lipinski definition) is 6. The number of piperidine rings is 1. The van der Waals surface area contributed by atoms with Gasteiger partial charge in [-0.15, -0.1) is 0 Å². The number of hydrogen-bond donors (Lipinski definition) is 0. The highest BCUT2D eigenvalue weighted by Crippen LogP contribution is 2.27. The molecule has 0 radical (unpaired) electrons. The Balaban J connectivity index is 2.07. The Morgan fingerprint density at radius 3 is 2.41 bits per heavy atom. The van der Waals surface area contributed by atoms with Crippen LogP contribution in [0.2, 0.25) is 0 Å². The molecule has 1 aliphatic rings. The number of aryl methyl sites for hydroxylation is 1. The van der Waals surface area contributed by atoms with Gasteiger partial charge in [-0.25, -0.2) is 8.42 Å². The number of carbonyl (C=O) groups excluding carboxylic acids is 1. The van der Waals surface area contributed by atoms with Gasteiger partial charge in [0.15, 0.2) is 0 Å². The molecule has 2 aromatic rings. The fraction of sp³-hybridized carbons (Fsp3) is 0.412. The zero-order chi connectivity index (χ0) is 19.8. The van der Waals surface area contributed by atoms with Crippen molar-refractivity contribution in [1.82, 2.24) is 14.1 Å². The van der Waals surface area contributed by atoms with Gasteiger partial charge in [-0.05, 0) is 32.8 Å². The third-order valence-electron chi connectivity index (χ3n) is 4.66. The Morgan fingerprint density at radius 2 is 1.78 bits per heavy atom. The van der Waals surface area contributed by atoms with E-state index in [4.69, 9.17) is 0 Å². The predicted molar refractivity (Wildman–Crippen MR) is 97.1 cm³/mol. The average Bonchev–Trinajstić information content (AvgIpc) is 2.96. The van der Waals surface area contributed by atoms with Crippen molar-refractivity contribution in [2.75, 3.05) is 13.1 Å². The van der Waals surface area contributed by atoms with Gasteiger partial charge in [0, 0.05) is 19.2 Å². The minimum absolute atomic E-state index is 0.00339. The Hall–Kier alpha value is -2.59. The summed E-state index contributed by atoms with van der Waals surface area (Å²) in [6.07, 6.45) is 2.57. The molecular formula is C17H20N4O5S. The number of sulfonamides is 1. The fourth-order valence-corrected chi connectivity index (χ4v) is 5.23. The van der Waals surface area contributed by atoms with Gasteiger partial charge in [0.2, 0.25) is 10.0 Å². The van der Waals surface area contributed by atoms with Gasteiger partial charge < -0.3 is 0 Å². The minimum atomic E-state index is -3.78. The van der Waals surface area contributed by atoms with Crippen molar-refractivity contribution in [2.45, 2.75) is 38.0 Å². The largest absolute Gasteiger partial charge is 0.285 e. The van der Waals surface area contributed by atoms with Crippen LogP contribution in [0, 0.1) is 24.0 Å². The molecule has 0 aliphatic carbocycles. The van der Waals surface area contributed by atoms with E-state index < -0.39 is 20.9 Å². The van der Waals surface area contributed by atoms with E-state index in [0.717, 1.165) is 23.9 Å². The highest BCUT2D eigenvalue weighted by atomic mass is 32.2. The first-order chi connectivity index (χ1) is 12.7. The normalized spacial score (nSPS) is 15.6. The van der Waals surface area contributed by atoms with Gasteiger partial charge in [0.1, 0.15) is 10.5 Å². The van der Waals surface area contributed by atoms with Crippen LogP contribution in [0.3, 0.4) is 0 Å². The number of aromatic nitrogens is 2. The lowest BCUT2D eigenvalue weighted by Gasteiger charge is -2.25. The summed E-state index contributed by atoms with van der Waals surface area (Å²) < 4.78 is 28.4. The van der Waals surface area contributed by atoms with Crippen molar-refractivity contribution in [3.8, 4) is 0 Å². The molecule has 144 valence electrons. The number of carbonyl (C=O) groups is 1. The van der Waals surface area contributed by atoms with Crippen LogP contribution in [0.5, 0.6) is 0 Å². The molecule has 1 saturated heterocycles. The minimum Gasteiger partial charge on any atom is -0.266 e. The average molecular weight is 392 g/mol. The molecule has 0 saturated carbocycles. The maximum absolute atomic E-state index is 13.0. The second kappa shape index (κ2) is 7.20. The number of nitro benzene ring substituents is 1. The summed E-state index contributed by atoms with van der Waals surface area (Å²) in [5.41, 5.74) is -0.142. The molecule has 0 spiro atoms. The van der Waals surface area contributed by atoms with Crippen LogP contribution < -0.4 is 0 Å². The Bertz CT molecular complexity index is 1010. The predicted octanol–water partition coefficient (Wildman–Crippen LogP) is 2.27. The molecule has 0 bridgehead atoms. The van der Waals surface area contributed by atoms with Gasteiger partial charge in [0.05, 0.1) is 16.3 Å². The Labute approximate surface area is 156 Å². The monoisotopic (exact) mass is 392 g/mol. The quantitative estimate of drug-likeness (QED) is 0.582.